The zero-order chi connectivity index (χ0) is 15.5. The second kappa shape index (κ2) is 6.10. The highest BCUT2D eigenvalue weighted by Gasteiger charge is 2.26. The fourth-order valence-corrected chi connectivity index (χ4v) is 2.82. The van der Waals surface area contributed by atoms with Gasteiger partial charge in [-0.3, -0.25) is 9.82 Å². The maximum absolute atomic E-state index is 12.2. The summed E-state index contributed by atoms with van der Waals surface area (Å²) in [6, 6.07) is 2.75. The normalized spacial score (nSPS) is 11.1. The van der Waals surface area contributed by atoms with E-state index in [1.54, 1.807) is 6.92 Å². The van der Waals surface area contributed by atoms with Gasteiger partial charge in [0.2, 0.25) is 0 Å². The average molecular weight is 331 g/mol. The summed E-state index contributed by atoms with van der Waals surface area (Å²) in [6.07, 6.45) is 2.44. The van der Waals surface area contributed by atoms with Gasteiger partial charge in [0.1, 0.15) is 10.7 Å². The summed E-state index contributed by atoms with van der Waals surface area (Å²) < 4.78 is 31.5. The number of H-pyrrole nitrogens is 1. The third-order valence-corrected chi connectivity index (χ3v) is 3.91. The van der Waals surface area contributed by atoms with Crippen molar-refractivity contribution in [3.63, 3.8) is 0 Å². The van der Waals surface area contributed by atoms with Gasteiger partial charge in [-0.1, -0.05) is 11.6 Å². The molecule has 0 saturated heterocycles. The number of hydrogen-bond acceptors (Lipinski definition) is 6. The molecule has 2 aromatic heterocycles. The first-order chi connectivity index (χ1) is 9.94. The van der Waals surface area contributed by atoms with E-state index in [1.807, 2.05) is 0 Å². The van der Waals surface area contributed by atoms with E-state index in [-0.39, 0.29) is 28.0 Å². The van der Waals surface area contributed by atoms with Gasteiger partial charge in [0.25, 0.3) is 10.0 Å². The van der Waals surface area contributed by atoms with E-state index >= 15 is 0 Å². The number of nitrogens with zero attached hydrogens (tertiary/aromatic N) is 2. The van der Waals surface area contributed by atoms with Crippen molar-refractivity contribution in [2.75, 3.05) is 11.3 Å². The van der Waals surface area contributed by atoms with Crippen molar-refractivity contribution in [1.29, 1.82) is 0 Å². The number of carbonyl (C=O) groups is 1. The van der Waals surface area contributed by atoms with Gasteiger partial charge in [0.15, 0.2) is 5.03 Å². The van der Waals surface area contributed by atoms with Gasteiger partial charge in [0, 0.05) is 6.20 Å². The summed E-state index contributed by atoms with van der Waals surface area (Å²) >= 11 is 5.68. The van der Waals surface area contributed by atoms with E-state index in [9.17, 15) is 13.2 Å². The van der Waals surface area contributed by atoms with Gasteiger partial charge in [-0.15, -0.1) is 0 Å². The van der Waals surface area contributed by atoms with Gasteiger partial charge >= 0.3 is 5.97 Å². The molecule has 0 aliphatic rings. The van der Waals surface area contributed by atoms with E-state index < -0.39 is 16.0 Å². The third-order valence-electron chi connectivity index (χ3n) is 2.35. The molecule has 0 radical (unpaired) electrons. The van der Waals surface area contributed by atoms with Gasteiger partial charge in [0.05, 0.1) is 18.5 Å². The first-order valence-corrected chi connectivity index (χ1v) is 7.65. The van der Waals surface area contributed by atoms with Gasteiger partial charge in [-0.2, -0.15) is 13.5 Å². The minimum atomic E-state index is -4.04. The second-order valence-corrected chi connectivity index (χ2v) is 5.81. The number of aromatic nitrogens is 3. The van der Waals surface area contributed by atoms with Crippen molar-refractivity contribution in [3.8, 4) is 0 Å². The highest BCUT2D eigenvalue weighted by atomic mass is 35.5. The number of carbonyl (C=O) groups excluding carboxylic acids is 1. The van der Waals surface area contributed by atoms with Crippen LogP contribution in [0, 0.1) is 0 Å². The summed E-state index contributed by atoms with van der Waals surface area (Å²) in [5.74, 6) is -0.778. The lowest BCUT2D eigenvalue weighted by molar-refractivity contribution is 0.0522. The number of hydrogen-bond donors (Lipinski definition) is 2. The number of ether oxygens (including phenoxy) is 1. The first kappa shape index (κ1) is 15.3. The van der Waals surface area contributed by atoms with E-state index in [1.165, 1.54) is 18.3 Å². The lowest BCUT2D eigenvalue weighted by atomic mass is 10.4. The predicted molar refractivity (Wildman–Crippen MR) is 74.6 cm³/mol. The molecular weight excluding hydrogens is 320 g/mol. The zero-order valence-electron chi connectivity index (χ0n) is 10.8. The molecule has 2 N–H and O–H groups in total. The number of esters is 1. The third kappa shape index (κ3) is 3.50. The molecule has 2 aromatic rings. The van der Waals surface area contributed by atoms with Crippen molar-refractivity contribution in [2.45, 2.75) is 11.9 Å². The van der Waals surface area contributed by atoms with Crippen LogP contribution >= 0.6 is 11.6 Å². The predicted octanol–water partition coefficient (Wildman–Crippen LogP) is 1.44. The summed E-state index contributed by atoms with van der Waals surface area (Å²) in [4.78, 5) is 15.4. The lowest BCUT2D eigenvalue weighted by Gasteiger charge is -2.08. The molecule has 0 aliphatic carbocycles. The van der Waals surface area contributed by atoms with Gasteiger partial charge in [-0.05, 0) is 19.1 Å². The van der Waals surface area contributed by atoms with Crippen molar-refractivity contribution in [1.82, 2.24) is 15.2 Å². The first-order valence-electron chi connectivity index (χ1n) is 5.79. The van der Waals surface area contributed by atoms with Crippen LogP contribution in [0.15, 0.2) is 29.6 Å². The quantitative estimate of drug-likeness (QED) is 0.633. The number of anilines is 1. The van der Waals surface area contributed by atoms with Crippen molar-refractivity contribution in [3.05, 3.63) is 35.2 Å². The van der Waals surface area contributed by atoms with E-state index in [0.717, 1.165) is 6.20 Å². The molecular formula is C11H11ClN4O4S. The molecule has 0 unspecified atom stereocenters. The summed E-state index contributed by atoms with van der Waals surface area (Å²) in [7, 11) is -4.04. The maximum Gasteiger partial charge on any atom is 0.342 e. The minimum absolute atomic E-state index is 0.122. The lowest BCUT2D eigenvalue weighted by Crippen LogP contribution is -2.17. The molecule has 0 spiro atoms. The Hall–Kier alpha value is -2.13. The van der Waals surface area contributed by atoms with Crippen LogP contribution in [-0.4, -0.2) is 36.2 Å². The zero-order valence-corrected chi connectivity index (χ0v) is 12.4. The SMILES string of the molecule is CCOC(=O)c1cn[nH]c1S(=O)(=O)Nc1ccnc(Cl)c1. The fraction of sp³-hybridized carbons (Fsp3) is 0.182. The van der Waals surface area contributed by atoms with Crippen molar-refractivity contribution >= 4 is 33.3 Å². The molecule has 2 heterocycles. The largest absolute Gasteiger partial charge is 0.462 e. The smallest absolute Gasteiger partial charge is 0.342 e. The highest BCUT2D eigenvalue weighted by Crippen LogP contribution is 2.19. The minimum Gasteiger partial charge on any atom is -0.462 e. The Bertz CT molecular complexity index is 759. The topological polar surface area (TPSA) is 114 Å². The van der Waals surface area contributed by atoms with Crippen LogP contribution in [0.3, 0.4) is 0 Å². The highest BCUT2D eigenvalue weighted by molar-refractivity contribution is 7.92. The molecule has 10 heteroatoms. The van der Waals surface area contributed by atoms with Crippen LogP contribution in [0.2, 0.25) is 5.15 Å². The van der Waals surface area contributed by atoms with E-state index in [0.29, 0.717) is 0 Å². The standard InChI is InChI=1S/C11H11ClN4O4S/c1-2-20-11(17)8-6-14-15-10(8)21(18,19)16-7-3-4-13-9(12)5-7/h3-6H,2H2,1H3,(H,13,16)(H,14,15). The monoisotopic (exact) mass is 330 g/mol. The molecule has 0 aliphatic heterocycles. The molecule has 21 heavy (non-hydrogen) atoms. The summed E-state index contributed by atoms with van der Waals surface area (Å²) in [6.45, 7) is 1.74. The van der Waals surface area contributed by atoms with Crippen LogP contribution in [0.25, 0.3) is 0 Å². The van der Waals surface area contributed by atoms with Gasteiger partial charge in [-0.25, -0.2) is 9.78 Å². The number of rotatable bonds is 5. The van der Waals surface area contributed by atoms with Crippen molar-refractivity contribution < 1.29 is 17.9 Å². The molecule has 0 saturated carbocycles. The summed E-state index contributed by atoms with van der Waals surface area (Å²) in [5.41, 5.74) is 0.0314. The molecule has 0 atom stereocenters. The Labute approximate surface area is 125 Å². The Kier molecular flexibility index (Phi) is 4.43. The van der Waals surface area contributed by atoms with Crippen LogP contribution in [0.1, 0.15) is 17.3 Å². The average Bonchev–Trinajstić information content (AvgIpc) is 2.88. The Balaban J connectivity index is 2.32. The molecule has 8 nitrogen and oxygen atoms in total. The number of halogens is 1. The number of sulfonamides is 1. The molecule has 112 valence electrons. The molecule has 0 amide bonds. The Morgan fingerprint density at radius 2 is 2.29 bits per heavy atom. The van der Waals surface area contributed by atoms with E-state index in [2.05, 4.69) is 19.9 Å². The number of pyridine rings is 1. The summed E-state index contributed by atoms with van der Waals surface area (Å²) in [5, 5.41) is 5.59. The van der Waals surface area contributed by atoms with Gasteiger partial charge < -0.3 is 4.74 Å². The molecule has 0 bridgehead atoms. The van der Waals surface area contributed by atoms with Crippen molar-refractivity contribution in [2.24, 2.45) is 0 Å². The maximum atomic E-state index is 12.2. The second-order valence-electron chi connectivity index (χ2n) is 3.81. The van der Waals surface area contributed by atoms with Crippen LogP contribution in [-0.2, 0) is 14.8 Å². The Morgan fingerprint density at radius 3 is 2.95 bits per heavy atom. The van der Waals surface area contributed by atoms with E-state index in [4.69, 9.17) is 16.3 Å². The van der Waals surface area contributed by atoms with Crippen LogP contribution in [0.5, 0.6) is 0 Å². The van der Waals surface area contributed by atoms with Crippen LogP contribution in [0.4, 0.5) is 5.69 Å². The fourth-order valence-electron chi connectivity index (χ4n) is 1.51. The Morgan fingerprint density at radius 1 is 1.52 bits per heavy atom. The number of aromatic amines is 1. The number of nitrogens with one attached hydrogen (secondary N) is 2. The molecule has 0 aromatic carbocycles. The molecule has 2 rings (SSSR count). The molecule has 0 fully saturated rings. The van der Waals surface area contributed by atoms with Crippen LogP contribution < -0.4 is 4.72 Å².